The van der Waals surface area contributed by atoms with Gasteiger partial charge in [0.05, 0.1) is 6.54 Å². The summed E-state index contributed by atoms with van der Waals surface area (Å²) >= 11 is 0. The third-order valence-corrected chi connectivity index (χ3v) is 4.32. The highest BCUT2D eigenvalue weighted by molar-refractivity contribution is 5.85. The van der Waals surface area contributed by atoms with Crippen molar-refractivity contribution in [2.45, 2.75) is 26.3 Å². The molecule has 5 heteroatoms. The van der Waals surface area contributed by atoms with E-state index in [-0.39, 0.29) is 18.3 Å². The quantitative estimate of drug-likeness (QED) is 0.828. The average molecular weight is 276 g/mol. The first-order valence-electron chi connectivity index (χ1n) is 6.76. The molecule has 18 heavy (non-hydrogen) atoms. The van der Waals surface area contributed by atoms with E-state index in [9.17, 15) is 4.79 Å². The van der Waals surface area contributed by atoms with E-state index in [0.717, 1.165) is 31.5 Å². The molecule has 0 radical (unpaired) electrons. The summed E-state index contributed by atoms with van der Waals surface area (Å²) in [4.78, 5) is 16.2. The van der Waals surface area contributed by atoms with Gasteiger partial charge in [-0.3, -0.25) is 9.69 Å². The van der Waals surface area contributed by atoms with Gasteiger partial charge in [-0.25, -0.2) is 0 Å². The highest BCUT2D eigenvalue weighted by atomic mass is 35.5. The fraction of sp³-hybridized carbons (Fsp3) is 0.923. The molecule has 0 aromatic carbocycles. The zero-order valence-electron chi connectivity index (χ0n) is 11.7. The van der Waals surface area contributed by atoms with Gasteiger partial charge in [0, 0.05) is 19.6 Å². The first-order valence-corrected chi connectivity index (χ1v) is 6.76. The average Bonchev–Trinajstić information content (AvgIpc) is 2.74. The number of carbonyl (C=O) groups excluding carboxylic acids is 1. The van der Waals surface area contributed by atoms with Crippen LogP contribution in [0.3, 0.4) is 0 Å². The maximum absolute atomic E-state index is 12.0. The van der Waals surface area contributed by atoms with Gasteiger partial charge in [0.2, 0.25) is 5.91 Å². The maximum atomic E-state index is 12.0. The normalized spacial score (nSPS) is 27.8. The molecule has 2 aliphatic heterocycles. The van der Waals surface area contributed by atoms with Crippen molar-refractivity contribution < 1.29 is 4.79 Å². The Hall–Kier alpha value is -0.320. The van der Waals surface area contributed by atoms with E-state index in [0.29, 0.717) is 12.6 Å². The summed E-state index contributed by atoms with van der Waals surface area (Å²) in [5, 5.41) is 3.46. The molecule has 1 N–H and O–H groups in total. The Morgan fingerprint density at radius 2 is 2.06 bits per heavy atom. The molecule has 2 rings (SSSR count). The first-order chi connectivity index (χ1) is 8.08. The van der Waals surface area contributed by atoms with Crippen LogP contribution in [0, 0.1) is 11.8 Å². The number of nitrogens with one attached hydrogen (secondary N) is 1. The molecule has 0 aliphatic carbocycles. The number of fused-ring (bicyclic) bond motifs is 1. The van der Waals surface area contributed by atoms with Crippen molar-refractivity contribution in [2.24, 2.45) is 11.8 Å². The molecule has 2 aliphatic rings. The van der Waals surface area contributed by atoms with Crippen molar-refractivity contribution in [3.8, 4) is 0 Å². The lowest BCUT2D eigenvalue weighted by Crippen LogP contribution is -2.46. The Labute approximate surface area is 116 Å². The monoisotopic (exact) mass is 275 g/mol. The van der Waals surface area contributed by atoms with E-state index in [1.165, 1.54) is 13.0 Å². The van der Waals surface area contributed by atoms with Gasteiger partial charge in [0.15, 0.2) is 0 Å². The second-order valence-electron chi connectivity index (χ2n) is 5.80. The van der Waals surface area contributed by atoms with Crippen LogP contribution >= 0.6 is 12.4 Å². The van der Waals surface area contributed by atoms with Crippen LogP contribution in [0.15, 0.2) is 0 Å². The molecule has 4 nitrogen and oxygen atoms in total. The van der Waals surface area contributed by atoms with E-state index >= 15 is 0 Å². The molecule has 1 amide bonds. The van der Waals surface area contributed by atoms with Gasteiger partial charge in [-0.05, 0) is 51.7 Å². The summed E-state index contributed by atoms with van der Waals surface area (Å²) in [6.07, 6.45) is 1.25. The Morgan fingerprint density at radius 3 is 2.72 bits per heavy atom. The van der Waals surface area contributed by atoms with E-state index in [4.69, 9.17) is 0 Å². The number of carbonyl (C=O) groups is 1. The number of amides is 1. The fourth-order valence-corrected chi connectivity index (χ4v) is 2.84. The van der Waals surface area contributed by atoms with Crippen LogP contribution in [-0.4, -0.2) is 61.5 Å². The van der Waals surface area contributed by atoms with E-state index in [1.54, 1.807) is 0 Å². The number of piperidine rings is 1. The van der Waals surface area contributed by atoms with Crippen molar-refractivity contribution in [3.05, 3.63) is 0 Å². The summed E-state index contributed by atoms with van der Waals surface area (Å²) in [6.45, 7) is 9.21. The molecule has 106 valence electrons. The molecule has 0 bridgehead atoms. The van der Waals surface area contributed by atoms with Crippen molar-refractivity contribution >= 4 is 18.3 Å². The Morgan fingerprint density at radius 1 is 1.39 bits per heavy atom. The van der Waals surface area contributed by atoms with Gasteiger partial charge in [0.1, 0.15) is 0 Å². The Kier molecular flexibility index (Phi) is 5.89. The molecule has 2 unspecified atom stereocenters. The van der Waals surface area contributed by atoms with Crippen molar-refractivity contribution in [3.63, 3.8) is 0 Å². The van der Waals surface area contributed by atoms with Gasteiger partial charge in [-0.2, -0.15) is 0 Å². The fourth-order valence-electron chi connectivity index (χ4n) is 2.84. The lowest BCUT2D eigenvalue weighted by molar-refractivity contribution is -0.133. The summed E-state index contributed by atoms with van der Waals surface area (Å²) in [5.41, 5.74) is 0. The van der Waals surface area contributed by atoms with Crippen LogP contribution in [0.1, 0.15) is 20.3 Å². The SMILES string of the molecule is CC(C)N(C)C(=O)CN1CCC2CNCC2C1.Cl. The highest BCUT2D eigenvalue weighted by Gasteiger charge is 2.33. The van der Waals surface area contributed by atoms with Crippen LogP contribution in [0.2, 0.25) is 0 Å². The van der Waals surface area contributed by atoms with Crippen LogP contribution < -0.4 is 5.32 Å². The molecule has 2 fully saturated rings. The van der Waals surface area contributed by atoms with Crippen LogP contribution in [0.5, 0.6) is 0 Å². The number of likely N-dealkylation sites (tertiary alicyclic amines) is 1. The molecule has 0 aromatic rings. The van der Waals surface area contributed by atoms with Crippen LogP contribution in [0.25, 0.3) is 0 Å². The van der Waals surface area contributed by atoms with Gasteiger partial charge in [0.25, 0.3) is 0 Å². The smallest absolute Gasteiger partial charge is 0.236 e. The number of hydrogen-bond acceptors (Lipinski definition) is 3. The standard InChI is InChI=1S/C13H25N3O.ClH/c1-10(2)15(3)13(17)9-16-5-4-11-6-14-7-12(11)8-16;/h10-12,14H,4-9H2,1-3H3;1H. The van der Waals surface area contributed by atoms with Crippen molar-refractivity contribution in [1.82, 2.24) is 15.1 Å². The highest BCUT2D eigenvalue weighted by Crippen LogP contribution is 2.26. The zero-order valence-corrected chi connectivity index (χ0v) is 12.5. The summed E-state index contributed by atoms with van der Waals surface area (Å²) in [7, 11) is 1.90. The number of rotatable bonds is 3. The number of likely N-dealkylation sites (N-methyl/N-ethyl adjacent to an activating group) is 1. The maximum Gasteiger partial charge on any atom is 0.236 e. The van der Waals surface area contributed by atoms with E-state index in [2.05, 4.69) is 24.1 Å². The molecule has 2 heterocycles. The number of halogens is 1. The molecular formula is C13H26ClN3O. The Balaban J connectivity index is 0.00000162. The second kappa shape index (κ2) is 6.73. The molecule has 0 spiro atoms. The second-order valence-corrected chi connectivity index (χ2v) is 5.80. The minimum atomic E-state index is 0. The number of hydrogen-bond donors (Lipinski definition) is 1. The van der Waals surface area contributed by atoms with Crippen LogP contribution in [-0.2, 0) is 4.79 Å². The Bertz CT molecular complexity index is 285. The topological polar surface area (TPSA) is 35.6 Å². The third-order valence-electron chi connectivity index (χ3n) is 4.32. The third kappa shape index (κ3) is 3.59. The largest absolute Gasteiger partial charge is 0.342 e. The van der Waals surface area contributed by atoms with Crippen molar-refractivity contribution in [2.75, 3.05) is 39.8 Å². The minimum absolute atomic E-state index is 0. The van der Waals surface area contributed by atoms with Crippen molar-refractivity contribution in [1.29, 1.82) is 0 Å². The number of nitrogens with zero attached hydrogens (tertiary/aromatic N) is 2. The molecule has 0 saturated carbocycles. The molecule has 2 saturated heterocycles. The lowest BCUT2D eigenvalue weighted by Gasteiger charge is -2.35. The van der Waals surface area contributed by atoms with Gasteiger partial charge in [-0.1, -0.05) is 0 Å². The molecular weight excluding hydrogens is 250 g/mol. The van der Waals surface area contributed by atoms with Gasteiger partial charge < -0.3 is 10.2 Å². The van der Waals surface area contributed by atoms with Gasteiger partial charge in [-0.15, -0.1) is 12.4 Å². The molecule has 2 atom stereocenters. The predicted octanol–water partition coefficient (Wildman–Crippen LogP) is 0.816. The summed E-state index contributed by atoms with van der Waals surface area (Å²) < 4.78 is 0. The summed E-state index contributed by atoms with van der Waals surface area (Å²) in [5.74, 6) is 1.87. The zero-order chi connectivity index (χ0) is 12.4. The summed E-state index contributed by atoms with van der Waals surface area (Å²) in [6, 6.07) is 0.299. The lowest BCUT2D eigenvalue weighted by atomic mass is 9.89. The first kappa shape index (κ1) is 15.7. The predicted molar refractivity (Wildman–Crippen MR) is 76.1 cm³/mol. The molecule has 0 aromatic heterocycles. The van der Waals surface area contributed by atoms with Gasteiger partial charge >= 0.3 is 0 Å². The van der Waals surface area contributed by atoms with E-state index < -0.39 is 0 Å². The van der Waals surface area contributed by atoms with Crippen LogP contribution in [0.4, 0.5) is 0 Å². The minimum Gasteiger partial charge on any atom is -0.342 e. The van der Waals surface area contributed by atoms with E-state index in [1.807, 2.05) is 11.9 Å².